The van der Waals surface area contributed by atoms with Crippen molar-refractivity contribution < 1.29 is 9.69 Å². The van der Waals surface area contributed by atoms with Crippen molar-refractivity contribution in [1.82, 2.24) is 0 Å². The van der Waals surface area contributed by atoms with E-state index in [0.29, 0.717) is 12.6 Å². The third-order valence-electron chi connectivity index (χ3n) is 4.42. The Labute approximate surface area is 136 Å². The van der Waals surface area contributed by atoms with Crippen molar-refractivity contribution in [3.8, 4) is 0 Å². The van der Waals surface area contributed by atoms with Crippen LogP contribution < -0.4 is 10.2 Å². The van der Waals surface area contributed by atoms with Crippen LogP contribution in [0, 0.1) is 13.8 Å². The molecule has 0 spiro atoms. The first kappa shape index (κ1) is 15.3. The summed E-state index contributed by atoms with van der Waals surface area (Å²) in [4.78, 5) is 15.2. The SMILES string of the molecule is Cc1ccc(C)c(NC(=O)C[NH+]2CCC[C@@H]2c2cccs2)c1. The van der Waals surface area contributed by atoms with E-state index in [1.54, 1.807) is 11.3 Å². The third-order valence-corrected chi connectivity index (χ3v) is 5.41. The van der Waals surface area contributed by atoms with Crippen molar-refractivity contribution >= 4 is 22.9 Å². The van der Waals surface area contributed by atoms with Gasteiger partial charge < -0.3 is 10.2 Å². The summed E-state index contributed by atoms with van der Waals surface area (Å²) >= 11 is 1.81. The van der Waals surface area contributed by atoms with Crippen LogP contribution in [-0.2, 0) is 4.79 Å². The van der Waals surface area contributed by atoms with Gasteiger partial charge in [-0.3, -0.25) is 4.79 Å². The molecule has 0 aliphatic carbocycles. The van der Waals surface area contributed by atoms with Gasteiger partial charge in [-0.2, -0.15) is 0 Å². The van der Waals surface area contributed by atoms with Crippen molar-refractivity contribution in [3.63, 3.8) is 0 Å². The molecule has 2 aromatic rings. The Morgan fingerprint density at radius 1 is 1.36 bits per heavy atom. The van der Waals surface area contributed by atoms with Crippen LogP contribution in [-0.4, -0.2) is 19.0 Å². The van der Waals surface area contributed by atoms with Crippen molar-refractivity contribution in [2.24, 2.45) is 0 Å². The highest BCUT2D eigenvalue weighted by molar-refractivity contribution is 7.10. The van der Waals surface area contributed by atoms with E-state index in [9.17, 15) is 4.79 Å². The molecule has 1 aliphatic rings. The number of thiophene rings is 1. The van der Waals surface area contributed by atoms with Crippen LogP contribution in [0.3, 0.4) is 0 Å². The second kappa shape index (κ2) is 6.63. The average Bonchev–Trinajstić information content (AvgIpc) is 3.13. The van der Waals surface area contributed by atoms with Crippen LogP contribution in [0.25, 0.3) is 0 Å². The fourth-order valence-electron chi connectivity index (χ4n) is 3.23. The van der Waals surface area contributed by atoms with Gasteiger partial charge in [-0.25, -0.2) is 0 Å². The van der Waals surface area contributed by atoms with Crippen molar-refractivity contribution in [2.75, 3.05) is 18.4 Å². The summed E-state index contributed by atoms with van der Waals surface area (Å²) in [5, 5.41) is 5.21. The predicted octanol–water partition coefficient (Wildman–Crippen LogP) is 2.72. The lowest BCUT2D eigenvalue weighted by Gasteiger charge is -2.20. The molecule has 3 nitrogen and oxygen atoms in total. The van der Waals surface area contributed by atoms with Crippen LogP contribution in [0.2, 0.25) is 0 Å². The van der Waals surface area contributed by atoms with Gasteiger partial charge in [0.15, 0.2) is 6.54 Å². The maximum atomic E-state index is 12.4. The normalized spacial score (nSPS) is 21.0. The van der Waals surface area contributed by atoms with Gasteiger partial charge in [-0.05, 0) is 42.5 Å². The number of rotatable bonds is 4. The van der Waals surface area contributed by atoms with Crippen LogP contribution in [0.5, 0.6) is 0 Å². The number of likely N-dealkylation sites (tertiary alicyclic amines) is 1. The van der Waals surface area contributed by atoms with Gasteiger partial charge in [0.05, 0.1) is 11.4 Å². The number of amides is 1. The lowest BCUT2D eigenvalue weighted by Crippen LogP contribution is -3.11. The first-order valence-electron chi connectivity index (χ1n) is 7.88. The molecule has 1 unspecified atom stereocenters. The molecule has 1 aromatic carbocycles. The van der Waals surface area contributed by atoms with Gasteiger partial charge in [0, 0.05) is 18.5 Å². The summed E-state index contributed by atoms with van der Waals surface area (Å²) in [5.41, 5.74) is 3.23. The standard InChI is InChI=1S/C18H22N2OS/c1-13-7-8-14(2)15(11-13)19-18(21)12-20-9-3-5-16(20)17-6-4-10-22-17/h4,6-8,10-11,16H,3,5,9,12H2,1-2H3,(H,19,21)/p+1/t16-/m1/s1. The number of hydrogen-bond acceptors (Lipinski definition) is 2. The number of carbonyl (C=O) groups excluding carboxylic acids is 1. The minimum absolute atomic E-state index is 0.118. The third kappa shape index (κ3) is 3.39. The molecule has 4 heteroatoms. The number of carbonyl (C=O) groups is 1. The Balaban J connectivity index is 1.65. The zero-order valence-corrected chi connectivity index (χ0v) is 14.0. The number of anilines is 1. The van der Waals surface area contributed by atoms with Gasteiger partial charge in [0.2, 0.25) is 0 Å². The molecule has 1 aliphatic heterocycles. The first-order chi connectivity index (χ1) is 10.6. The van der Waals surface area contributed by atoms with E-state index in [2.05, 4.69) is 35.0 Å². The monoisotopic (exact) mass is 315 g/mol. The number of nitrogens with one attached hydrogen (secondary N) is 2. The minimum atomic E-state index is 0.118. The summed E-state index contributed by atoms with van der Waals surface area (Å²) in [6, 6.07) is 11.0. The Hall–Kier alpha value is -1.65. The number of aryl methyl sites for hydroxylation is 2. The maximum absolute atomic E-state index is 12.4. The topological polar surface area (TPSA) is 33.5 Å². The van der Waals surface area contributed by atoms with E-state index < -0.39 is 0 Å². The van der Waals surface area contributed by atoms with Crippen molar-refractivity contribution in [2.45, 2.75) is 32.7 Å². The second-order valence-corrected chi connectivity index (χ2v) is 7.14. The van der Waals surface area contributed by atoms with E-state index in [1.165, 1.54) is 28.2 Å². The predicted molar refractivity (Wildman–Crippen MR) is 91.5 cm³/mol. The van der Waals surface area contributed by atoms with Crippen LogP contribution in [0.1, 0.15) is 34.9 Å². The van der Waals surface area contributed by atoms with E-state index in [1.807, 2.05) is 19.9 Å². The molecule has 1 saturated heterocycles. The summed E-state index contributed by atoms with van der Waals surface area (Å²) in [6.07, 6.45) is 2.39. The quantitative estimate of drug-likeness (QED) is 0.894. The summed E-state index contributed by atoms with van der Waals surface area (Å²) in [7, 11) is 0. The smallest absolute Gasteiger partial charge is 0.279 e. The molecular weight excluding hydrogens is 292 g/mol. The molecular formula is C18H23N2OS+. The Bertz CT molecular complexity index is 651. The van der Waals surface area contributed by atoms with Crippen LogP contribution in [0.4, 0.5) is 5.69 Å². The molecule has 2 N–H and O–H groups in total. The number of benzene rings is 1. The molecule has 0 radical (unpaired) electrons. The molecule has 2 heterocycles. The lowest BCUT2D eigenvalue weighted by atomic mass is 10.1. The Morgan fingerprint density at radius 2 is 2.23 bits per heavy atom. The van der Waals surface area contributed by atoms with Gasteiger partial charge in [-0.15, -0.1) is 11.3 Å². The highest BCUT2D eigenvalue weighted by Gasteiger charge is 2.32. The number of quaternary nitrogens is 1. The molecule has 2 atom stereocenters. The fraction of sp³-hybridized carbons (Fsp3) is 0.389. The van der Waals surface area contributed by atoms with Gasteiger partial charge >= 0.3 is 0 Å². The highest BCUT2D eigenvalue weighted by Crippen LogP contribution is 2.23. The van der Waals surface area contributed by atoms with Crippen molar-refractivity contribution in [1.29, 1.82) is 0 Å². The maximum Gasteiger partial charge on any atom is 0.279 e. The average molecular weight is 315 g/mol. The lowest BCUT2D eigenvalue weighted by molar-refractivity contribution is -0.910. The highest BCUT2D eigenvalue weighted by atomic mass is 32.1. The molecule has 22 heavy (non-hydrogen) atoms. The summed E-state index contributed by atoms with van der Waals surface area (Å²) < 4.78 is 0. The van der Waals surface area contributed by atoms with Crippen LogP contribution >= 0.6 is 11.3 Å². The summed E-state index contributed by atoms with van der Waals surface area (Å²) in [6.45, 7) is 5.72. The molecule has 0 saturated carbocycles. The van der Waals surface area contributed by atoms with Gasteiger partial charge in [-0.1, -0.05) is 18.2 Å². The minimum Gasteiger partial charge on any atom is -0.321 e. The molecule has 1 fully saturated rings. The summed E-state index contributed by atoms with van der Waals surface area (Å²) in [5.74, 6) is 0.118. The van der Waals surface area contributed by atoms with E-state index in [4.69, 9.17) is 0 Å². The van der Waals surface area contributed by atoms with Gasteiger partial charge in [0.1, 0.15) is 6.04 Å². The zero-order chi connectivity index (χ0) is 15.5. The number of hydrogen-bond donors (Lipinski definition) is 2. The van der Waals surface area contributed by atoms with E-state index >= 15 is 0 Å². The second-order valence-electron chi connectivity index (χ2n) is 6.16. The molecule has 1 aromatic heterocycles. The van der Waals surface area contributed by atoms with Crippen molar-refractivity contribution in [3.05, 3.63) is 51.7 Å². The Kier molecular flexibility index (Phi) is 4.60. The van der Waals surface area contributed by atoms with Gasteiger partial charge in [0.25, 0.3) is 5.91 Å². The Morgan fingerprint density at radius 3 is 3.00 bits per heavy atom. The van der Waals surface area contributed by atoms with E-state index in [-0.39, 0.29) is 5.91 Å². The van der Waals surface area contributed by atoms with Crippen LogP contribution in [0.15, 0.2) is 35.7 Å². The fourth-order valence-corrected chi connectivity index (χ4v) is 4.15. The molecule has 0 bridgehead atoms. The molecule has 116 valence electrons. The molecule has 3 rings (SSSR count). The first-order valence-corrected chi connectivity index (χ1v) is 8.76. The van der Waals surface area contributed by atoms with E-state index in [0.717, 1.165) is 17.8 Å². The molecule has 1 amide bonds. The zero-order valence-electron chi connectivity index (χ0n) is 13.2. The largest absolute Gasteiger partial charge is 0.321 e.